The van der Waals surface area contributed by atoms with Gasteiger partial charge in [-0.3, -0.25) is 4.79 Å². The standard InChI is InChI=1S/C16H18FN3O3/c17-13-3-1-2-12(10-13)16(22)20-14-4-5-15(19-11-14)18-6-8-23-9-7-21/h1-5,10-11,21H,6-9H2,(H,18,19)(H,20,22). The van der Waals surface area contributed by atoms with Crippen molar-refractivity contribution in [3.8, 4) is 0 Å². The van der Waals surface area contributed by atoms with E-state index in [1.165, 1.54) is 30.5 Å². The highest BCUT2D eigenvalue weighted by molar-refractivity contribution is 6.04. The summed E-state index contributed by atoms with van der Waals surface area (Å²) in [5, 5.41) is 14.3. The van der Waals surface area contributed by atoms with E-state index in [2.05, 4.69) is 15.6 Å². The Bertz CT molecular complexity index is 635. The van der Waals surface area contributed by atoms with Gasteiger partial charge in [-0.1, -0.05) is 6.07 Å². The third kappa shape index (κ3) is 5.65. The number of hydrogen-bond donors (Lipinski definition) is 3. The lowest BCUT2D eigenvalue weighted by atomic mass is 10.2. The second kappa shape index (κ2) is 8.82. The molecule has 0 unspecified atom stereocenters. The molecule has 23 heavy (non-hydrogen) atoms. The third-order valence-electron chi connectivity index (χ3n) is 2.90. The van der Waals surface area contributed by atoms with Gasteiger partial charge < -0.3 is 20.5 Å². The first-order valence-electron chi connectivity index (χ1n) is 7.14. The highest BCUT2D eigenvalue weighted by Gasteiger charge is 2.07. The summed E-state index contributed by atoms with van der Waals surface area (Å²) in [6.45, 7) is 1.32. The Morgan fingerprint density at radius 1 is 1.26 bits per heavy atom. The van der Waals surface area contributed by atoms with Crippen LogP contribution in [0.1, 0.15) is 10.4 Å². The quantitative estimate of drug-likeness (QED) is 0.647. The van der Waals surface area contributed by atoms with Crippen LogP contribution in [-0.4, -0.2) is 42.4 Å². The summed E-state index contributed by atoms with van der Waals surface area (Å²) >= 11 is 0. The number of aromatic nitrogens is 1. The maximum Gasteiger partial charge on any atom is 0.255 e. The second-order valence-corrected chi connectivity index (χ2v) is 4.66. The van der Waals surface area contributed by atoms with Gasteiger partial charge in [0.1, 0.15) is 11.6 Å². The molecule has 0 fully saturated rings. The average molecular weight is 319 g/mol. The van der Waals surface area contributed by atoms with Gasteiger partial charge in [0.05, 0.1) is 31.7 Å². The summed E-state index contributed by atoms with van der Waals surface area (Å²) in [6.07, 6.45) is 1.51. The molecule has 122 valence electrons. The summed E-state index contributed by atoms with van der Waals surface area (Å²) in [4.78, 5) is 16.1. The van der Waals surface area contributed by atoms with Crippen molar-refractivity contribution in [3.63, 3.8) is 0 Å². The molecule has 6 nitrogen and oxygen atoms in total. The molecule has 0 spiro atoms. The zero-order valence-electron chi connectivity index (χ0n) is 12.5. The minimum absolute atomic E-state index is 0.00202. The number of carbonyl (C=O) groups excluding carboxylic acids is 1. The van der Waals surface area contributed by atoms with E-state index in [9.17, 15) is 9.18 Å². The lowest BCUT2D eigenvalue weighted by Gasteiger charge is -2.08. The number of amides is 1. The van der Waals surface area contributed by atoms with Crippen LogP contribution in [0.25, 0.3) is 0 Å². The number of halogens is 1. The van der Waals surface area contributed by atoms with Crippen LogP contribution in [0.4, 0.5) is 15.9 Å². The minimum atomic E-state index is -0.460. The molecule has 0 saturated carbocycles. The Balaban J connectivity index is 1.83. The molecule has 1 amide bonds. The lowest BCUT2D eigenvalue weighted by molar-refractivity contribution is 0.0992. The van der Waals surface area contributed by atoms with Gasteiger partial charge in [-0.2, -0.15) is 0 Å². The van der Waals surface area contributed by atoms with Gasteiger partial charge in [0.2, 0.25) is 0 Å². The van der Waals surface area contributed by atoms with Crippen LogP contribution in [0.3, 0.4) is 0 Å². The molecule has 2 aromatic rings. The number of pyridine rings is 1. The Kier molecular flexibility index (Phi) is 6.46. The number of aliphatic hydroxyl groups excluding tert-OH is 1. The number of anilines is 2. The number of hydrogen-bond acceptors (Lipinski definition) is 5. The van der Waals surface area contributed by atoms with E-state index in [1.54, 1.807) is 12.1 Å². The Labute approximate surface area is 133 Å². The van der Waals surface area contributed by atoms with E-state index in [0.29, 0.717) is 31.3 Å². The van der Waals surface area contributed by atoms with Crippen molar-refractivity contribution >= 4 is 17.4 Å². The van der Waals surface area contributed by atoms with Crippen LogP contribution in [0.5, 0.6) is 0 Å². The number of nitrogens with zero attached hydrogens (tertiary/aromatic N) is 1. The number of benzene rings is 1. The molecule has 2 rings (SSSR count). The molecule has 1 heterocycles. The monoisotopic (exact) mass is 319 g/mol. The van der Waals surface area contributed by atoms with Crippen molar-refractivity contribution in [1.29, 1.82) is 0 Å². The minimum Gasteiger partial charge on any atom is -0.394 e. The topological polar surface area (TPSA) is 83.5 Å². The van der Waals surface area contributed by atoms with Crippen LogP contribution in [0, 0.1) is 5.82 Å². The Morgan fingerprint density at radius 3 is 2.83 bits per heavy atom. The smallest absolute Gasteiger partial charge is 0.255 e. The molecule has 0 aliphatic rings. The van der Waals surface area contributed by atoms with Gasteiger partial charge >= 0.3 is 0 Å². The number of aliphatic hydroxyl groups is 1. The fourth-order valence-electron chi connectivity index (χ4n) is 1.82. The zero-order chi connectivity index (χ0) is 16.5. The summed E-state index contributed by atoms with van der Waals surface area (Å²) in [5.74, 6) is -0.218. The number of carbonyl (C=O) groups is 1. The van der Waals surface area contributed by atoms with Crippen molar-refractivity contribution in [2.24, 2.45) is 0 Å². The predicted molar refractivity (Wildman–Crippen MR) is 85.0 cm³/mol. The van der Waals surface area contributed by atoms with Crippen molar-refractivity contribution in [2.75, 3.05) is 37.0 Å². The van der Waals surface area contributed by atoms with Crippen LogP contribution in [0.15, 0.2) is 42.6 Å². The van der Waals surface area contributed by atoms with Crippen LogP contribution in [-0.2, 0) is 4.74 Å². The second-order valence-electron chi connectivity index (χ2n) is 4.66. The molecular weight excluding hydrogens is 301 g/mol. The molecular formula is C16H18FN3O3. The van der Waals surface area contributed by atoms with Crippen molar-refractivity contribution in [1.82, 2.24) is 4.98 Å². The molecule has 0 bridgehead atoms. The average Bonchev–Trinajstić information content (AvgIpc) is 2.56. The summed E-state index contributed by atoms with van der Waals surface area (Å²) in [6, 6.07) is 8.88. The van der Waals surface area contributed by atoms with E-state index >= 15 is 0 Å². The van der Waals surface area contributed by atoms with E-state index in [1.807, 2.05) is 0 Å². The van der Waals surface area contributed by atoms with Crippen LogP contribution < -0.4 is 10.6 Å². The molecule has 1 aromatic carbocycles. The highest BCUT2D eigenvalue weighted by atomic mass is 19.1. The normalized spacial score (nSPS) is 10.3. The van der Waals surface area contributed by atoms with E-state index < -0.39 is 11.7 Å². The first-order valence-corrected chi connectivity index (χ1v) is 7.14. The SMILES string of the molecule is O=C(Nc1ccc(NCCOCCO)nc1)c1cccc(F)c1. The van der Waals surface area contributed by atoms with Crippen LogP contribution in [0.2, 0.25) is 0 Å². The lowest BCUT2D eigenvalue weighted by Crippen LogP contribution is -2.13. The Hall–Kier alpha value is -2.51. The molecule has 0 radical (unpaired) electrons. The van der Waals surface area contributed by atoms with E-state index in [4.69, 9.17) is 9.84 Å². The predicted octanol–water partition coefficient (Wildman–Crippen LogP) is 1.89. The van der Waals surface area contributed by atoms with Crippen molar-refractivity contribution in [3.05, 3.63) is 54.0 Å². The van der Waals surface area contributed by atoms with Crippen LogP contribution >= 0.6 is 0 Å². The first kappa shape index (κ1) is 16.9. The van der Waals surface area contributed by atoms with Gasteiger partial charge in [-0.25, -0.2) is 9.37 Å². The maximum atomic E-state index is 13.1. The summed E-state index contributed by atoms with van der Waals surface area (Å²) < 4.78 is 18.2. The number of ether oxygens (including phenoxy) is 1. The highest BCUT2D eigenvalue weighted by Crippen LogP contribution is 2.12. The Morgan fingerprint density at radius 2 is 2.13 bits per heavy atom. The fourth-order valence-corrected chi connectivity index (χ4v) is 1.82. The molecule has 7 heteroatoms. The van der Waals surface area contributed by atoms with Gasteiger partial charge in [-0.15, -0.1) is 0 Å². The van der Waals surface area contributed by atoms with Gasteiger partial charge in [0.15, 0.2) is 0 Å². The molecule has 0 atom stereocenters. The molecule has 0 aliphatic carbocycles. The molecule has 1 aromatic heterocycles. The number of rotatable bonds is 8. The molecule has 3 N–H and O–H groups in total. The fraction of sp³-hybridized carbons (Fsp3) is 0.250. The van der Waals surface area contributed by atoms with Crippen molar-refractivity contribution < 1.29 is 19.0 Å². The molecule has 0 aliphatic heterocycles. The first-order chi connectivity index (χ1) is 11.2. The largest absolute Gasteiger partial charge is 0.394 e. The molecule has 0 saturated heterocycles. The maximum absolute atomic E-state index is 13.1. The van der Waals surface area contributed by atoms with Gasteiger partial charge in [-0.05, 0) is 30.3 Å². The summed E-state index contributed by atoms with van der Waals surface area (Å²) in [5.41, 5.74) is 0.759. The number of nitrogens with one attached hydrogen (secondary N) is 2. The van der Waals surface area contributed by atoms with Crippen molar-refractivity contribution in [2.45, 2.75) is 0 Å². The van der Waals surface area contributed by atoms with Gasteiger partial charge in [0.25, 0.3) is 5.91 Å². The summed E-state index contributed by atoms with van der Waals surface area (Å²) in [7, 11) is 0. The van der Waals surface area contributed by atoms with Gasteiger partial charge in [0, 0.05) is 12.1 Å². The zero-order valence-corrected chi connectivity index (χ0v) is 12.5. The third-order valence-corrected chi connectivity index (χ3v) is 2.90. The van der Waals surface area contributed by atoms with E-state index in [-0.39, 0.29) is 12.2 Å². The van der Waals surface area contributed by atoms with E-state index in [0.717, 1.165) is 0 Å².